The zero-order valence-electron chi connectivity index (χ0n) is 6.80. The van der Waals surface area contributed by atoms with Gasteiger partial charge in [0.25, 0.3) is 0 Å². The van der Waals surface area contributed by atoms with Crippen LogP contribution in [0.4, 0.5) is 0 Å². The number of hydrogen-bond donors (Lipinski definition) is 0. The average Bonchev–Trinajstić information content (AvgIpc) is 1.93. The minimum Gasteiger partial charge on any atom is -0.0935 e. The standard InChI is InChI=1S/2C4H8S/c2*1-2-3-4-5/h2*4H,2-3H2,1H3. The molecule has 0 aromatic rings. The third-order valence-corrected chi connectivity index (χ3v) is 1.28. The van der Waals surface area contributed by atoms with E-state index in [-0.39, 0.29) is 0 Å². The quantitative estimate of drug-likeness (QED) is 0.601. The maximum absolute atomic E-state index is 4.53. The zero-order valence-corrected chi connectivity index (χ0v) is 8.43. The van der Waals surface area contributed by atoms with E-state index in [2.05, 4.69) is 38.3 Å². The molecule has 0 spiro atoms. The third-order valence-electron chi connectivity index (χ3n) is 0.813. The summed E-state index contributed by atoms with van der Waals surface area (Å²) in [4.78, 5) is 0. The van der Waals surface area contributed by atoms with Crippen molar-refractivity contribution in [1.82, 2.24) is 0 Å². The summed E-state index contributed by atoms with van der Waals surface area (Å²) in [7, 11) is 0. The van der Waals surface area contributed by atoms with E-state index in [9.17, 15) is 0 Å². The van der Waals surface area contributed by atoms with Crippen molar-refractivity contribution in [2.45, 2.75) is 39.5 Å². The first-order valence-corrected chi connectivity index (χ1v) is 4.64. The summed E-state index contributed by atoms with van der Waals surface area (Å²) in [5.74, 6) is 0. The summed E-state index contributed by atoms with van der Waals surface area (Å²) in [6, 6.07) is 0. The maximum atomic E-state index is 4.53. The van der Waals surface area contributed by atoms with Gasteiger partial charge in [-0.25, -0.2) is 0 Å². The Balaban J connectivity index is 0. The fraction of sp³-hybridized carbons (Fsp3) is 0.750. The molecular weight excluding hydrogens is 160 g/mol. The molecule has 0 saturated heterocycles. The smallest absolute Gasteiger partial charge is 0.0211 e. The summed E-state index contributed by atoms with van der Waals surface area (Å²) in [6.45, 7) is 4.23. The Bertz CT molecular complexity index is 59.7. The van der Waals surface area contributed by atoms with Crippen LogP contribution in [0.2, 0.25) is 0 Å². The molecule has 0 fully saturated rings. The van der Waals surface area contributed by atoms with Gasteiger partial charge in [-0.3, -0.25) is 0 Å². The molecule has 0 rings (SSSR count). The van der Waals surface area contributed by atoms with Gasteiger partial charge in [-0.1, -0.05) is 51.1 Å². The highest BCUT2D eigenvalue weighted by molar-refractivity contribution is 7.79. The van der Waals surface area contributed by atoms with E-state index in [0.29, 0.717) is 0 Å². The second-order valence-corrected chi connectivity index (χ2v) is 2.58. The highest BCUT2D eigenvalue weighted by Crippen LogP contribution is 1.77. The fourth-order valence-electron chi connectivity index (χ4n) is 0.236. The number of hydrogen-bond acceptors (Lipinski definition) is 2. The molecular formula is C8H16S2. The van der Waals surface area contributed by atoms with Crippen molar-refractivity contribution in [3.63, 3.8) is 0 Å². The van der Waals surface area contributed by atoms with Crippen molar-refractivity contribution in [3.8, 4) is 0 Å². The molecule has 60 valence electrons. The van der Waals surface area contributed by atoms with Crippen LogP contribution < -0.4 is 0 Å². The number of rotatable bonds is 4. The Morgan fingerprint density at radius 3 is 1.20 bits per heavy atom. The number of unbranched alkanes of at least 4 members (excludes halogenated alkanes) is 2. The molecule has 2 heteroatoms. The largest absolute Gasteiger partial charge is 0.0935 e. The van der Waals surface area contributed by atoms with Gasteiger partial charge in [0, 0.05) is 0 Å². The lowest BCUT2D eigenvalue weighted by Gasteiger charge is -1.71. The SMILES string of the molecule is CCCC=S.CCCC=S. The van der Waals surface area contributed by atoms with Gasteiger partial charge < -0.3 is 0 Å². The Morgan fingerprint density at radius 1 is 0.900 bits per heavy atom. The molecule has 0 aliphatic rings. The van der Waals surface area contributed by atoms with Crippen LogP contribution in [-0.4, -0.2) is 10.7 Å². The summed E-state index contributed by atoms with van der Waals surface area (Å²) in [5.41, 5.74) is 0. The molecule has 0 aliphatic heterocycles. The van der Waals surface area contributed by atoms with E-state index < -0.39 is 0 Å². The van der Waals surface area contributed by atoms with E-state index in [4.69, 9.17) is 0 Å². The minimum atomic E-state index is 1.08. The molecule has 0 atom stereocenters. The van der Waals surface area contributed by atoms with E-state index in [1.54, 1.807) is 10.7 Å². The Morgan fingerprint density at radius 2 is 1.20 bits per heavy atom. The summed E-state index contributed by atoms with van der Waals surface area (Å²) in [5, 5.41) is 3.53. The van der Waals surface area contributed by atoms with E-state index in [1.807, 2.05) is 0 Å². The van der Waals surface area contributed by atoms with Crippen LogP contribution in [0.25, 0.3) is 0 Å². The number of thiocarbonyl (C=S) groups is 2. The molecule has 10 heavy (non-hydrogen) atoms. The normalized spacial score (nSPS) is 7.40. The van der Waals surface area contributed by atoms with Crippen LogP contribution in [0.5, 0.6) is 0 Å². The molecule has 0 saturated carbocycles. The molecule has 0 amide bonds. The first-order chi connectivity index (χ1) is 4.83. The van der Waals surface area contributed by atoms with Crippen molar-refractivity contribution in [1.29, 1.82) is 0 Å². The molecule has 0 aromatic carbocycles. The lowest BCUT2D eigenvalue weighted by atomic mass is 10.4. The van der Waals surface area contributed by atoms with Gasteiger partial charge in [-0.15, -0.1) is 0 Å². The van der Waals surface area contributed by atoms with Crippen molar-refractivity contribution < 1.29 is 0 Å². The van der Waals surface area contributed by atoms with Gasteiger partial charge in [0.2, 0.25) is 0 Å². The molecule has 0 bridgehead atoms. The third kappa shape index (κ3) is 24.1. The molecule has 0 unspecified atom stereocenters. The highest BCUT2D eigenvalue weighted by Gasteiger charge is 1.63. The maximum Gasteiger partial charge on any atom is -0.0211 e. The molecule has 0 radical (unpaired) electrons. The molecule has 0 N–H and O–H groups in total. The second kappa shape index (κ2) is 16.1. The zero-order chi connectivity index (χ0) is 8.24. The van der Waals surface area contributed by atoms with Crippen molar-refractivity contribution in [2.24, 2.45) is 0 Å². The first kappa shape index (κ1) is 12.8. The summed E-state index contributed by atoms with van der Waals surface area (Å²) in [6.07, 6.45) is 4.53. The van der Waals surface area contributed by atoms with Crippen molar-refractivity contribution >= 4 is 35.2 Å². The molecule has 0 aliphatic carbocycles. The van der Waals surface area contributed by atoms with Crippen LogP contribution in [0.3, 0.4) is 0 Å². The van der Waals surface area contributed by atoms with Gasteiger partial charge in [0.15, 0.2) is 0 Å². The second-order valence-electron chi connectivity index (χ2n) is 1.91. The van der Waals surface area contributed by atoms with Crippen LogP contribution in [0.15, 0.2) is 0 Å². The molecule has 0 nitrogen and oxygen atoms in total. The average molecular weight is 176 g/mol. The van der Waals surface area contributed by atoms with Crippen LogP contribution in [0.1, 0.15) is 39.5 Å². The fourth-order valence-corrected chi connectivity index (χ4v) is 0.707. The van der Waals surface area contributed by atoms with Crippen molar-refractivity contribution in [3.05, 3.63) is 0 Å². The van der Waals surface area contributed by atoms with Gasteiger partial charge in [-0.2, -0.15) is 0 Å². The van der Waals surface area contributed by atoms with Crippen LogP contribution >= 0.6 is 24.4 Å². The lowest BCUT2D eigenvalue weighted by molar-refractivity contribution is 1.02. The Labute approximate surface area is 75.0 Å². The predicted molar refractivity (Wildman–Crippen MR) is 57.1 cm³/mol. The molecule has 0 aromatic heterocycles. The molecule has 0 heterocycles. The highest BCUT2D eigenvalue weighted by atomic mass is 32.1. The minimum absolute atomic E-state index is 1.08. The van der Waals surface area contributed by atoms with E-state index in [1.165, 1.54) is 12.8 Å². The van der Waals surface area contributed by atoms with Gasteiger partial charge in [0.1, 0.15) is 0 Å². The summed E-state index contributed by atoms with van der Waals surface area (Å²) < 4.78 is 0. The summed E-state index contributed by atoms with van der Waals surface area (Å²) >= 11 is 9.05. The van der Waals surface area contributed by atoms with Gasteiger partial charge in [-0.05, 0) is 23.6 Å². The van der Waals surface area contributed by atoms with Gasteiger partial charge >= 0.3 is 0 Å². The first-order valence-electron chi connectivity index (χ1n) is 3.70. The van der Waals surface area contributed by atoms with E-state index >= 15 is 0 Å². The lowest BCUT2D eigenvalue weighted by Crippen LogP contribution is -1.61. The van der Waals surface area contributed by atoms with Crippen LogP contribution in [-0.2, 0) is 0 Å². The monoisotopic (exact) mass is 176 g/mol. The van der Waals surface area contributed by atoms with Gasteiger partial charge in [0.05, 0.1) is 0 Å². The van der Waals surface area contributed by atoms with E-state index in [0.717, 1.165) is 12.8 Å². The Kier molecular flexibility index (Phi) is 20.6. The Hall–Kier alpha value is 0.180. The van der Waals surface area contributed by atoms with Crippen molar-refractivity contribution in [2.75, 3.05) is 0 Å². The topological polar surface area (TPSA) is 0 Å². The predicted octanol–water partition coefficient (Wildman–Crippen LogP) is 3.57. The van der Waals surface area contributed by atoms with Crippen LogP contribution in [0, 0.1) is 0 Å².